The van der Waals surface area contributed by atoms with Gasteiger partial charge in [-0.2, -0.15) is 0 Å². The van der Waals surface area contributed by atoms with E-state index in [0.717, 1.165) is 0 Å². The number of amides is 1. The van der Waals surface area contributed by atoms with Crippen molar-refractivity contribution >= 4 is 53.2 Å². The highest BCUT2D eigenvalue weighted by Gasteiger charge is 2.33. The molecule has 0 saturated carbocycles. The Morgan fingerprint density at radius 1 is 1.39 bits per heavy atom. The van der Waals surface area contributed by atoms with Crippen molar-refractivity contribution in [2.45, 2.75) is 31.3 Å². The molecule has 1 amide bonds. The second-order valence-electron chi connectivity index (χ2n) is 5.13. The number of hydrogen-bond donors (Lipinski definition) is 4. The molecule has 0 aliphatic carbocycles. The van der Waals surface area contributed by atoms with Crippen molar-refractivity contribution in [1.82, 2.24) is 5.32 Å². The van der Waals surface area contributed by atoms with Crippen molar-refractivity contribution < 1.29 is 14.7 Å². The van der Waals surface area contributed by atoms with Gasteiger partial charge in [0, 0.05) is 34.1 Å². The normalized spacial score (nSPS) is 19.1. The minimum Gasteiger partial charge on any atom is -0.480 e. The topological polar surface area (TPSA) is 104 Å². The van der Waals surface area contributed by atoms with E-state index in [9.17, 15) is 14.7 Å². The molecule has 0 aromatic heterocycles. The summed E-state index contributed by atoms with van der Waals surface area (Å²) >= 11 is 12.2. The van der Waals surface area contributed by atoms with Crippen LogP contribution in [0, 0.1) is 0 Å². The van der Waals surface area contributed by atoms with Gasteiger partial charge in [0.25, 0.3) is 0 Å². The van der Waals surface area contributed by atoms with E-state index < -0.39 is 18.1 Å². The summed E-state index contributed by atoms with van der Waals surface area (Å²) in [7, 11) is 0. The highest BCUT2D eigenvalue weighted by atomic mass is 35.5. The lowest BCUT2D eigenvalue weighted by molar-refractivity contribution is -0.138. The predicted molar refractivity (Wildman–Crippen MR) is 92.5 cm³/mol. The van der Waals surface area contributed by atoms with Gasteiger partial charge in [-0.05, 0) is 25.1 Å². The molecule has 1 heterocycles. The van der Waals surface area contributed by atoms with Crippen LogP contribution in [0.2, 0.25) is 10.0 Å². The number of aliphatic carboxylic acids is 1. The first-order valence-electron chi connectivity index (χ1n) is 6.90. The number of anilines is 1. The fourth-order valence-corrected chi connectivity index (χ4v) is 3.11. The van der Waals surface area contributed by atoms with Crippen LogP contribution in [0.3, 0.4) is 0 Å². The second kappa shape index (κ2) is 8.59. The highest BCUT2D eigenvalue weighted by Crippen LogP contribution is 2.39. The summed E-state index contributed by atoms with van der Waals surface area (Å²) in [6.45, 7) is 0.421. The van der Waals surface area contributed by atoms with E-state index in [1.165, 1.54) is 0 Å². The molecule has 6 nitrogen and oxygen atoms in total. The molecule has 0 spiro atoms. The Balaban J connectivity index is 0.00000264. The maximum Gasteiger partial charge on any atom is 0.326 e. The molecule has 5 N–H and O–H groups in total. The molecule has 1 aromatic carbocycles. The number of benzene rings is 1. The average Bonchev–Trinajstić information content (AvgIpc) is 2.43. The van der Waals surface area contributed by atoms with Crippen LogP contribution >= 0.6 is 35.6 Å². The zero-order chi connectivity index (χ0) is 16.3. The first kappa shape index (κ1) is 19.8. The Labute approximate surface area is 150 Å². The number of rotatable bonds is 5. The Bertz CT molecular complexity index is 598. The van der Waals surface area contributed by atoms with Crippen molar-refractivity contribution in [3.63, 3.8) is 0 Å². The van der Waals surface area contributed by atoms with E-state index in [1.807, 2.05) is 0 Å². The van der Waals surface area contributed by atoms with E-state index in [0.29, 0.717) is 40.7 Å². The lowest BCUT2D eigenvalue weighted by Crippen LogP contribution is -2.41. The molecule has 0 fully saturated rings. The van der Waals surface area contributed by atoms with Crippen molar-refractivity contribution in [2.24, 2.45) is 5.73 Å². The molecular formula is C14H18Cl3N3O3. The third-order valence-corrected chi connectivity index (χ3v) is 4.02. The van der Waals surface area contributed by atoms with Crippen LogP contribution in [-0.4, -0.2) is 29.6 Å². The summed E-state index contributed by atoms with van der Waals surface area (Å²) in [6, 6.07) is 1.88. The third kappa shape index (κ3) is 4.88. The molecular weight excluding hydrogens is 365 g/mol. The molecule has 2 unspecified atom stereocenters. The Hall–Kier alpha value is -1.21. The summed E-state index contributed by atoms with van der Waals surface area (Å²) in [5.41, 5.74) is 6.57. The van der Waals surface area contributed by atoms with E-state index in [4.69, 9.17) is 28.9 Å². The van der Waals surface area contributed by atoms with E-state index in [-0.39, 0.29) is 24.7 Å². The largest absolute Gasteiger partial charge is 0.480 e. The van der Waals surface area contributed by atoms with E-state index in [1.54, 1.807) is 12.1 Å². The van der Waals surface area contributed by atoms with Gasteiger partial charge in [0.2, 0.25) is 5.91 Å². The molecule has 0 saturated heterocycles. The smallest absolute Gasteiger partial charge is 0.326 e. The summed E-state index contributed by atoms with van der Waals surface area (Å²) < 4.78 is 0. The summed E-state index contributed by atoms with van der Waals surface area (Å²) in [6.07, 6.45) is 1.07. The van der Waals surface area contributed by atoms with E-state index >= 15 is 0 Å². The zero-order valence-electron chi connectivity index (χ0n) is 12.1. The molecule has 0 radical (unpaired) electrons. The number of carboxylic acids is 1. The molecule has 0 bridgehead atoms. The molecule has 1 aliphatic rings. The van der Waals surface area contributed by atoms with Crippen LogP contribution in [0.5, 0.6) is 0 Å². The molecule has 1 aliphatic heterocycles. The molecule has 2 rings (SSSR count). The fourth-order valence-electron chi connectivity index (χ4n) is 2.48. The lowest BCUT2D eigenvalue weighted by atomic mass is 9.92. The maximum atomic E-state index is 11.9. The SMILES string of the molecule is Cl.NCCCC(=O)NC1CC(C(=O)O)Nc2cc(Cl)cc(Cl)c21. The molecule has 23 heavy (non-hydrogen) atoms. The van der Waals surface area contributed by atoms with Gasteiger partial charge in [-0.15, -0.1) is 12.4 Å². The number of fused-ring (bicyclic) bond motifs is 1. The van der Waals surface area contributed by atoms with Crippen molar-refractivity contribution in [3.05, 3.63) is 27.7 Å². The Morgan fingerprint density at radius 3 is 2.70 bits per heavy atom. The lowest BCUT2D eigenvalue weighted by Gasteiger charge is -2.32. The van der Waals surface area contributed by atoms with Gasteiger partial charge < -0.3 is 21.5 Å². The minimum absolute atomic E-state index is 0. The third-order valence-electron chi connectivity index (χ3n) is 3.49. The summed E-state index contributed by atoms with van der Waals surface area (Å²) in [5, 5.41) is 15.7. The van der Waals surface area contributed by atoms with Crippen LogP contribution in [0.1, 0.15) is 30.9 Å². The van der Waals surface area contributed by atoms with E-state index in [2.05, 4.69) is 10.6 Å². The number of nitrogens with one attached hydrogen (secondary N) is 2. The summed E-state index contributed by atoms with van der Waals surface area (Å²) in [5.74, 6) is -1.18. The number of nitrogens with two attached hydrogens (primary N) is 1. The van der Waals surface area contributed by atoms with Gasteiger partial charge in [0.05, 0.1) is 6.04 Å². The minimum atomic E-state index is -0.997. The van der Waals surface area contributed by atoms with Crippen LogP contribution < -0.4 is 16.4 Å². The molecule has 2 atom stereocenters. The van der Waals surface area contributed by atoms with Crippen LogP contribution in [0.25, 0.3) is 0 Å². The molecule has 9 heteroatoms. The Kier molecular flexibility index (Phi) is 7.41. The van der Waals surface area contributed by atoms with Crippen molar-refractivity contribution in [3.8, 4) is 0 Å². The molecule has 128 valence electrons. The van der Waals surface area contributed by atoms with Gasteiger partial charge in [0.1, 0.15) is 6.04 Å². The zero-order valence-corrected chi connectivity index (χ0v) is 14.5. The number of carbonyl (C=O) groups is 2. The van der Waals surface area contributed by atoms with Crippen molar-refractivity contribution in [2.75, 3.05) is 11.9 Å². The standard InChI is InChI=1S/C14H17Cl2N3O3.ClH/c15-7-4-8(16)13-9(5-7)18-11(14(21)22)6-10(13)19-12(20)2-1-3-17;/h4-5,10-11,18H,1-3,6,17H2,(H,19,20)(H,21,22);1H. The van der Waals surface area contributed by atoms with Gasteiger partial charge in [-0.1, -0.05) is 23.2 Å². The number of carboxylic acid groups (broad SMARTS) is 1. The van der Waals surface area contributed by atoms with Crippen LogP contribution in [0.15, 0.2) is 12.1 Å². The van der Waals surface area contributed by atoms with Crippen LogP contribution in [-0.2, 0) is 9.59 Å². The van der Waals surface area contributed by atoms with Crippen molar-refractivity contribution in [1.29, 1.82) is 0 Å². The highest BCUT2D eigenvalue weighted by molar-refractivity contribution is 6.35. The fraction of sp³-hybridized carbons (Fsp3) is 0.429. The van der Waals surface area contributed by atoms with Gasteiger partial charge in [-0.3, -0.25) is 4.79 Å². The average molecular weight is 383 g/mol. The first-order valence-corrected chi connectivity index (χ1v) is 7.65. The van der Waals surface area contributed by atoms with Gasteiger partial charge in [0.15, 0.2) is 0 Å². The second-order valence-corrected chi connectivity index (χ2v) is 5.98. The number of hydrogen-bond acceptors (Lipinski definition) is 4. The number of halogens is 3. The quantitative estimate of drug-likeness (QED) is 0.626. The summed E-state index contributed by atoms with van der Waals surface area (Å²) in [4.78, 5) is 23.2. The number of carbonyl (C=O) groups excluding carboxylic acids is 1. The maximum absolute atomic E-state index is 11.9. The first-order chi connectivity index (χ1) is 10.4. The van der Waals surface area contributed by atoms with Crippen LogP contribution in [0.4, 0.5) is 5.69 Å². The van der Waals surface area contributed by atoms with Gasteiger partial charge in [-0.25, -0.2) is 4.79 Å². The molecule has 1 aromatic rings. The Morgan fingerprint density at radius 2 is 2.09 bits per heavy atom. The predicted octanol–water partition coefficient (Wildman–Crippen LogP) is 2.58. The van der Waals surface area contributed by atoms with Gasteiger partial charge >= 0.3 is 5.97 Å². The monoisotopic (exact) mass is 381 g/mol.